The fourth-order valence-corrected chi connectivity index (χ4v) is 2.59. The highest BCUT2D eigenvalue weighted by Crippen LogP contribution is 2.27. The summed E-state index contributed by atoms with van der Waals surface area (Å²) in [4.78, 5) is 13.3. The van der Waals surface area contributed by atoms with Crippen molar-refractivity contribution in [2.45, 2.75) is 6.92 Å². The van der Waals surface area contributed by atoms with Gasteiger partial charge in [-0.3, -0.25) is 5.32 Å². The molecule has 134 valence electrons. The van der Waals surface area contributed by atoms with Crippen molar-refractivity contribution in [3.8, 4) is 17.2 Å². The molecule has 27 heavy (non-hydrogen) atoms. The Hall–Kier alpha value is -3.87. The van der Waals surface area contributed by atoms with E-state index < -0.39 is 6.09 Å². The first-order chi connectivity index (χ1) is 13.1. The molecule has 7 heteroatoms. The molecule has 0 unspecified atom stereocenters. The number of hydrogen-bond acceptors (Lipinski definition) is 5. The van der Waals surface area contributed by atoms with Crippen LogP contribution in [0.2, 0.25) is 0 Å². The highest BCUT2D eigenvalue weighted by atomic mass is 16.6. The minimum atomic E-state index is -0.644. The summed E-state index contributed by atoms with van der Waals surface area (Å²) in [5, 5.41) is 21.6. The lowest BCUT2D eigenvalue weighted by molar-refractivity contribution is 0.215. The second kappa shape index (κ2) is 6.80. The molecule has 0 bridgehead atoms. The molecule has 2 N–H and O–H groups in total. The van der Waals surface area contributed by atoms with Gasteiger partial charge < -0.3 is 9.84 Å². The molecule has 4 rings (SSSR count). The van der Waals surface area contributed by atoms with Crippen LogP contribution in [0.4, 0.5) is 10.5 Å². The van der Waals surface area contributed by atoms with Gasteiger partial charge in [0, 0.05) is 11.8 Å². The molecule has 1 amide bonds. The normalized spacial score (nSPS) is 10.7. The SMILES string of the molecule is Cc1ccc(NC(=O)Oc2ccc(-n3nc4ccccc4n3)c(O)c2)cc1. The van der Waals surface area contributed by atoms with Crippen molar-refractivity contribution in [3.63, 3.8) is 0 Å². The van der Waals surface area contributed by atoms with Crippen LogP contribution in [0.5, 0.6) is 11.5 Å². The van der Waals surface area contributed by atoms with Crippen molar-refractivity contribution < 1.29 is 14.6 Å². The second-order valence-corrected chi connectivity index (χ2v) is 6.01. The average Bonchev–Trinajstić information content (AvgIpc) is 3.07. The Kier molecular flexibility index (Phi) is 4.18. The Labute approximate surface area is 154 Å². The third kappa shape index (κ3) is 3.57. The fraction of sp³-hybridized carbons (Fsp3) is 0.0500. The van der Waals surface area contributed by atoms with Gasteiger partial charge in [0.2, 0.25) is 0 Å². The summed E-state index contributed by atoms with van der Waals surface area (Å²) in [5.41, 5.74) is 3.54. The number of carbonyl (C=O) groups is 1. The molecular weight excluding hydrogens is 344 g/mol. The van der Waals surface area contributed by atoms with Crippen LogP contribution in [0.25, 0.3) is 16.7 Å². The first-order valence-electron chi connectivity index (χ1n) is 8.29. The molecule has 1 aromatic heterocycles. The number of phenols is 1. The van der Waals surface area contributed by atoms with Crippen molar-refractivity contribution in [3.05, 3.63) is 72.3 Å². The Morgan fingerprint density at radius 2 is 1.67 bits per heavy atom. The van der Waals surface area contributed by atoms with Crippen LogP contribution >= 0.6 is 0 Å². The fourth-order valence-electron chi connectivity index (χ4n) is 2.59. The lowest BCUT2D eigenvalue weighted by Gasteiger charge is -2.09. The van der Waals surface area contributed by atoms with Gasteiger partial charge in [0.05, 0.1) is 0 Å². The largest absolute Gasteiger partial charge is 0.505 e. The van der Waals surface area contributed by atoms with E-state index in [1.165, 1.54) is 10.9 Å². The van der Waals surface area contributed by atoms with Crippen LogP contribution in [0.15, 0.2) is 66.7 Å². The summed E-state index contributed by atoms with van der Waals surface area (Å²) in [6.07, 6.45) is -0.644. The number of ether oxygens (including phenoxy) is 1. The number of amides is 1. The average molecular weight is 360 g/mol. The quantitative estimate of drug-likeness (QED) is 0.575. The smallest absolute Gasteiger partial charge is 0.417 e. The number of carbonyl (C=O) groups excluding carboxylic acids is 1. The van der Waals surface area contributed by atoms with Crippen molar-refractivity contribution in [2.24, 2.45) is 0 Å². The molecule has 0 aliphatic rings. The summed E-state index contributed by atoms with van der Waals surface area (Å²) in [6.45, 7) is 1.96. The summed E-state index contributed by atoms with van der Waals surface area (Å²) in [6, 6.07) is 19.2. The van der Waals surface area contributed by atoms with Gasteiger partial charge in [-0.1, -0.05) is 29.8 Å². The summed E-state index contributed by atoms with van der Waals surface area (Å²) < 4.78 is 5.22. The zero-order chi connectivity index (χ0) is 18.8. The maximum Gasteiger partial charge on any atom is 0.417 e. The second-order valence-electron chi connectivity index (χ2n) is 6.01. The minimum absolute atomic E-state index is 0.101. The third-order valence-electron chi connectivity index (χ3n) is 3.96. The lowest BCUT2D eigenvalue weighted by atomic mass is 10.2. The number of rotatable bonds is 3. The molecule has 0 saturated carbocycles. The van der Waals surface area contributed by atoms with Gasteiger partial charge >= 0.3 is 6.09 Å². The zero-order valence-electron chi connectivity index (χ0n) is 14.5. The van der Waals surface area contributed by atoms with E-state index in [0.717, 1.165) is 16.6 Å². The molecule has 0 radical (unpaired) electrons. The number of nitrogens with zero attached hydrogens (tertiary/aromatic N) is 3. The molecule has 0 spiro atoms. The molecule has 0 saturated heterocycles. The molecule has 1 heterocycles. The summed E-state index contributed by atoms with van der Waals surface area (Å²) in [5.74, 6) is 0.105. The third-order valence-corrected chi connectivity index (χ3v) is 3.96. The maximum absolute atomic E-state index is 12.0. The Morgan fingerprint density at radius 1 is 1.00 bits per heavy atom. The van der Waals surface area contributed by atoms with Gasteiger partial charge in [0.25, 0.3) is 0 Å². The van der Waals surface area contributed by atoms with Gasteiger partial charge in [0.1, 0.15) is 28.2 Å². The number of aromatic hydroxyl groups is 1. The van der Waals surface area contributed by atoms with Crippen molar-refractivity contribution in [1.29, 1.82) is 0 Å². The maximum atomic E-state index is 12.0. The molecule has 0 aliphatic heterocycles. The molecular formula is C20H16N4O3. The number of benzene rings is 3. The van der Waals surface area contributed by atoms with Crippen molar-refractivity contribution >= 4 is 22.8 Å². The van der Waals surface area contributed by atoms with E-state index in [-0.39, 0.29) is 11.5 Å². The van der Waals surface area contributed by atoms with Gasteiger partial charge in [-0.05, 0) is 43.3 Å². The number of anilines is 1. The van der Waals surface area contributed by atoms with Gasteiger partial charge in [-0.2, -0.15) is 0 Å². The van der Waals surface area contributed by atoms with Crippen LogP contribution in [0.1, 0.15) is 5.56 Å². The predicted molar refractivity (Wildman–Crippen MR) is 101 cm³/mol. The molecule has 0 atom stereocenters. The standard InChI is InChI=1S/C20H16N4O3/c1-13-6-8-14(9-7-13)21-20(26)27-15-10-11-18(19(25)12-15)24-22-16-4-2-3-5-17(16)23-24/h2-12,25H,1H3,(H,21,26). The van der Waals surface area contributed by atoms with E-state index in [1.807, 2.05) is 43.3 Å². The Balaban J connectivity index is 1.51. The molecule has 7 nitrogen and oxygen atoms in total. The lowest BCUT2D eigenvalue weighted by Crippen LogP contribution is -2.16. The van der Waals surface area contributed by atoms with Crippen LogP contribution in [0.3, 0.4) is 0 Å². The highest BCUT2D eigenvalue weighted by Gasteiger charge is 2.12. The van der Waals surface area contributed by atoms with Crippen molar-refractivity contribution in [1.82, 2.24) is 15.0 Å². The molecule has 4 aromatic rings. The van der Waals surface area contributed by atoms with Gasteiger partial charge in [-0.25, -0.2) is 4.79 Å². The summed E-state index contributed by atoms with van der Waals surface area (Å²) in [7, 11) is 0. The van der Waals surface area contributed by atoms with Crippen LogP contribution in [0, 0.1) is 6.92 Å². The number of aryl methyl sites for hydroxylation is 1. The summed E-state index contributed by atoms with van der Waals surface area (Å²) >= 11 is 0. The molecule has 3 aromatic carbocycles. The Morgan fingerprint density at radius 3 is 2.30 bits per heavy atom. The van der Waals surface area contributed by atoms with Crippen LogP contribution < -0.4 is 10.1 Å². The molecule has 0 fully saturated rings. The van der Waals surface area contributed by atoms with E-state index >= 15 is 0 Å². The topological polar surface area (TPSA) is 89.3 Å². The van der Waals surface area contributed by atoms with Gasteiger partial charge in [0.15, 0.2) is 0 Å². The zero-order valence-corrected chi connectivity index (χ0v) is 14.5. The van der Waals surface area contributed by atoms with E-state index in [9.17, 15) is 9.90 Å². The van der Waals surface area contributed by atoms with E-state index in [4.69, 9.17) is 4.74 Å². The van der Waals surface area contributed by atoms with E-state index in [2.05, 4.69) is 15.5 Å². The first-order valence-corrected chi connectivity index (χ1v) is 8.29. The number of nitrogens with one attached hydrogen (secondary N) is 1. The Bertz CT molecular complexity index is 1090. The highest BCUT2D eigenvalue weighted by molar-refractivity contribution is 5.86. The monoisotopic (exact) mass is 360 g/mol. The van der Waals surface area contributed by atoms with Crippen LogP contribution in [-0.4, -0.2) is 26.2 Å². The van der Waals surface area contributed by atoms with Crippen LogP contribution in [-0.2, 0) is 0 Å². The number of fused-ring (bicyclic) bond motifs is 1. The van der Waals surface area contributed by atoms with Crippen molar-refractivity contribution in [2.75, 3.05) is 5.32 Å². The van der Waals surface area contributed by atoms with E-state index in [1.54, 1.807) is 24.3 Å². The van der Waals surface area contributed by atoms with Gasteiger partial charge in [-0.15, -0.1) is 15.0 Å². The number of hydrogen-bond donors (Lipinski definition) is 2. The van der Waals surface area contributed by atoms with E-state index in [0.29, 0.717) is 11.4 Å². The predicted octanol–water partition coefficient (Wildman–Crippen LogP) is 4.05. The minimum Gasteiger partial charge on any atom is -0.505 e. The molecule has 0 aliphatic carbocycles. The number of aromatic nitrogens is 3. The first kappa shape index (κ1) is 16.6. The number of phenolic OH excluding ortho intramolecular Hbond substituents is 1.